The van der Waals surface area contributed by atoms with Gasteiger partial charge in [0.1, 0.15) is 0 Å². The first-order valence-corrected chi connectivity index (χ1v) is 9.24. The van der Waals surface area contributed by atoms with Crippen LogP contribution in [0.15, 0.2) is 41.4 Å². The summed E-state index contributed by atoms with van der Waals surface area (Å²) in [5.74, 6) is -3.11. The maximum absolute atomic E-state index is 13.5. The number of nitrogens with one attached hydrogen (secondary N) is 3. The zero-order chi connectivity index (χ0) is 23.5. The third-order valence-corrected chi connectivity index (χ3v) is 4.30. The van der Waals surface area contributed by atoms with Crippen molar-refractivity contribution in [3.05, 3.63) is 59.2 Å². The van der Waals surface area contributed by atoms with E-state index in [1.54, 1.807) is 6.92 Å². The summed E-state index contributed by atoms with van der Waals surface area (Å²) in [6.45, 7) is 1.88. The van der Waals surface area contributed by atoms with Crippen LogP contribution in [-0.4, -0.2) is 41.8 Å². The fourth-order valence-corrected chi connectivity index (χ4v) is 2.82. The first-order valence-electron chi connectivity index (χ1n) is 9.24. The maximum atomic E-state index is 13.5. The van der Waals surface area contributed by atoms with Gasteiger partial charge in [-0.25, -0.2) is 13.8 Å². The number of anilines is 1. The number of rotatable bonds is 5. The minimum absolute atomic E-state index is 0. The van der Waals surface area contributed by atoms with E-state index in [9.17, 15) is 26.7 Å². The van der Waals surface area contributed by atoms with Gasteiger partial charge in [0, 0.05) is 18.1 Å². The Hall–Kier alpha value is -3.25. The quantitative estimate of drug-likeness (QED) is 0.278. The lowest BCUT2D eigenvalue weighted by Crippen LogP contribution is -2.37. The number of aromatic nitrogens is 2. The first-order chi connectivity index (χ1) is 15.1. The van der Waals surface area contributed by atoms with Gasteiger partial charge in [0.05, 0.1) is 23.7 Å². The van der Waals surface area contributed by atoms with E-state index in [0.717, 1.165) is 30.3 Å². The summed E-state index contributed by atoms with van der Waals surface area (Å²) < 4.78 is 70.4. The van der Waals surface area contributed by atoms with Crippen LogP contribution in [-0.2, 0) is 10.9 Å². The molecule has 0 saturated heterocycles. The molecule has 3 rings (SSSR count). The molecular formula is C20H19ClF5N5O2. The summed E-state index contributed by atoms with van der Waals surface area (Å²) in [4.78, 5) is 16.8. The molecule has 178 valence electrons. The van der Waals surface area contributed by atoms with Crippen LogP contribution in [0.2, 0.25) is 0 Å². The number of aromatic amines is 1. The van der Waals surface area contributed by atoms with E-state index in [-0.39, 0.29) is 41.9 Å². The van der Waals surface area contributed by atoms with Crippen LogP contribution in [0.25, 0.3) is 10.9 Å². The summed E-state index contributed by atoms with van der Waals surface area (Å²) in [6, 6.07) is 5.20. The van der Waals surface area contributed by atoms with Crippen molar-refractivity contribution in [2.24, 2.45) is 4.99 Å². The van der Waals surface area contributed by atoms with Gasteiger partial charge in [-0.2, -0.15) is 18.3 Å². The van der Waals surface area contributed by atoms with Gasteiger partial charge in [0.15, 0.2) is 17.5 Å². The molecule has 33 heavy (non-hydrogen) atoms. The first kappa shape index (κ1) is 26.0. The van der Waals surface area contributed by atoms with Crippen LogP contribution in [0.1, 0.15) is 22.8 Å². The second-order valence-corrected chi connectivity index (χ2v) is 6.82. The molecule has 1 aromatic heterocycles. The van der Waals surface area contributed by atoms with E-state index < -0.39 is 35.3 Å². The number of hydrogen-bond donors (Lipinski definition) is 3. The number of nitrogens with zero attached hydrogens (tertiary/aromatic N) is 2. The van der Waals surface area contributed by atoms with Crippen molar-refractivity contribution in [3.8, 4) is 0 Å². The van der Waals surface area contributed by atoms with Gasteiger partial charge < -0.3 is 10.1 Å². The molecule has 2 aromatic carbocycles. The number of fused-ring (bicyclic) bond motifs is 1. The summed E-state index contributed by atoms with van der Waals surface area (Å²) in [5, 5.41) is 11.9. The Kier molecular flexibility index (Phi) is 8.34. The lowest BCUT2D eigenvalue weighted by atomic mass is 10.1. The van der Waals surface area contributed by atoms with Crippen LogP contribution in [0, 0.1) is 11.6 Å². The minimum Gasteiger partial charge on any atom is -0.382 e. The van der Waals surface area contributed by atoms with Gasteiger partial charge in [-0.3, -0.25) is 15.2 Å². The summed E-state index contributed by atoms with van der Waals surface area (Å²) >= 11 is 0. The Morgan fingerprint density at radius 2 is 1.91 bits per heavy atom. The van der Waals surface area contributed by atoms with Crippen molar-refractivity contribution >= 4 is 41.0 Å². The fraction of sp³-hybridized carbons (Fsp3) is 0.250. The Bertz CT molecular complexity index is 1170. The molecular weight excluding hydrogens is 473 g/mol. The molecule has 1 heterocycles. The normalized spacial score (nSPS) is 12.9. The van der Waals surface area contributed by atoms with Crippen molar-refractivity contribution < 1.29 is 31.5 Å². The molecule has 1 atom stereocenters. The van der Waals surface area contributed by atoms with E-state index >= 15 is 0 Å². The molecule has 0 unspecified atom stereocenters. The number of aliphatic imine (C=N–C) groups is 1. The van der Waals surface area contributed by atoms with Crippen LogP contribution in [0.5, 0.6) is 0 Å². The highest BCUT2D eigenvalue weighted by Gasteiger charge is 2.31. The Balaban J connectivity index is 0.00000385. The van der Waals surface area contributed by atoms with Gasteiger partial charge in [0.2, 0.25) is 5.96 Å². The van der Waals surface area contributed by atoms with Crippen molar-refractivity contribution in [2.75, 3.05) is 19.0 Å². The average molecular weight is 492 g/mol. The number of methoxy groups -OCH3 is 1. The van der Waals surface area contributed by atoms with Gasteiger partial charge in [-0.15, -0.1) is 12.4 Å². The van der Waals surface area contributed by atoms with Gasteiger partial charge in [-0.1, -0.05) is 0 Å². The van der Waals surface area contributed by atoms with E-state index in [2.05, 4.69) is 25.8 Å². The van der Waals surface area contributed by atoms with Crippen molar-refractivity contribution in [1.29, 1.82) is 0 Å². The second-order valence-electron chi connectivity index (χ2n) is 6.82. The van der Waals surface area contributed by atoms with Gasteiger partial charge in [-0.05, 0) is 43.3 Å². The molecule has 3 aromatic rings. The zero-order valence-electron chi connectivity index (χ0n) is 17.3. The smallest absolute Gasteiger partial charge is 0.382 e. The topological polar surface area (TPSA) is 91.4 Å². The van der Waals surface area contributed by atoms with Crippen molar-refractivity contribution in [1.82, 2.24) is 15.5 Å². The minimum atomic E-state index is -4.52. The van der Waals surface area contributed by atoms with Crippen LogP contribution >= 0.6 is 12.4 Å². The number of amides is 1. The molecule has 7 nitrogen and oxygen atoms in total. The highest BCUT2D eigenvalue weighted by molar-refractivity contribution is 6.11. The Labute approximate surface area is 190 Å². The number of guanidine groups is 1. The number of H-pyrrole nitrogens is 1. The number of alkyl halides is 3. The molecule has 0 aliphatic heterocycles. The molecule has 0 aliphatic carbocycles. The maximum Gasteiger partial charge on any atom is 0.416 e. The molecule has 0 bridgehead atoms. The third-order valence-electron chi connectivity index (χ3n) is 4.30. The Morgan fingerprint density at radius 3 is 2.55 bits per heavy atom. The predicted molar refractivity (Wildman–Crippen MR) is 115 cm³/mol. The lowest BCUT2D eigenvalue weighted by Gasteiger charge is -2.13. The number of halogens is 6. The highest BCUT2D eigenvalue weighted by atomic mass is 35.5. The Morgan fingerprint density at radius 1 is 1.18 bits per heavy atom. The van der Waals surface area contributed by atoms with Gasteiger partial charge >= 0.3 is 6.18 Å². The third kappa shape index (κ3) is 6.39. The number of carbonyl (C=O) groups excluding carboxylic acids is 1. The summed E-state index contributed by atoms with van der Waals surface area (Å²) in [7, 11) is 1.46. The molecule has 0 fully saturated rings. The van der Waals surface area contributed by atoms with Crippen molar-refractivity contribution in [2.45, 2.75) is 19.1 Å². The molecule has 0 radical (unpaired) electrons. The van der Waals surface area contributed by atoms with E-state index in [0.29, 0.717) is 5.39 Å². The van der Waals surface area contributed by atoms with E-state index in [1.165, 1.54) is 13.2 Å². The van der Waals surface area contributed by atoms with Crippen molar-refractivity contribution in [3.63, 3.8) is 0 Å². The predicted octanol–water partition coefficient (Wildman–Crippen LogP) is 4.51. The number of hydrogen-bond acceptors (Lipinski definition) is 4. The second kappa shape index (κ2) is 10.6. The van der Waals surface area contributed by atoms with E-state index in [1.807, 2.05) is 0 Å². The molecule has 0 saturated carbocycles. The van der Waals surface area contributed by atoms with Crippen LogP contribution in [0.4, 0.5) is 27.8 Å². The number of benzene rings is 2. The molecule has 0 spiro atoms. The molecule has 13 heteroatoms. The average Bonchev–Trinajstić information content (AvgIpc) is 3.11. The largest absolute Gasteiger partial charge is 0.416 e. The highest BCUT2D eigenvalue weighted by Crippen LogP contribution is 2.32. The van der Waals surface area contributed by atoms with Crippen LogP contribution in [0.3, 0.4) is 0 Å². The van der Waals surface area contributed by atoms with E-state index in [4.69, 9.17) is 4.74 Å². The summed E-state index contributed by atoms with van der Waals surface area (Å²) in [5.41, 5.74) is -0.910. The summed E-state index contributed by atoms with van der Waals surface area (Å²) in [6.07, 6.45) is -4.52. The molecule has 3 N–H and O–H groups in total. The number of carbonyl (C=O) groups is 1. The number of ether oxygens (including phenoxy) is 1. The zero-order valence-corrected chi connectivity index (χ0v) is 18.1. The monoisotopic (exact) mass is 491 g/mol. The lowest BCUT2D eigenvalue weighted by molar-refractivity contribution is -0.137. The molecule has 1 amide bonds. The molecule has 0 aliphatic rings. The van der Waals surface area contributed by atoms with Gasteiger partial charge in [0.25, 0.3) is 5.91 Å². The SMILES string of the molecule is COC[C@H](C)N=C(NC(=O)c1ccc(F)c(F)c1)Nc1n[nH]c2cc(C(F)(F)F)ccc12.Cl. The fourth-order valence-electron chi connectivity index (χ4n) is 2.82. The standard InChI is InChI=1S/C20H18F5N5O2.ClH/c1-10(9-32-2)26-19(28-18(31)11-3-6-14(21)15(22)7-11)27-17-13-5-4-12(20(23,24)25)8-16(13)29-30-17;/h3-8,10H,9H2,1-2H3,(H3,26,27,28,29,30,31);1H/t10-;/m0./s1. The van der Waals surface area contributed by atoms with Crippen LogP contribution < -0.4 is 10.6 Å².